The van der Waals surface area contributed by atoms with E-state index in [1.165, 1.54) is 38.6 Å². The van der Waals surface area contributed by atoms with Gasteiger partial charge in [0.2, 0.25) is 0 Å². The first-order valence-electron chi connectivity index (χ1n) is 16.3. The zero-order chi connectivity index (χ0) is 31.1. The Morgan fingerprint density at radius 1 is 0.702 bits per heavy atom. The third-order valence-electron chi connectivity index (χ3n) is 9.92. The highest BCUT2D eigenvalue weighted by molar-refractivity contribution is 6.00. The second-order valence-corrected chi connectivity index (χ2v) is 12.6. The summed E-state index contributed by atoms with van der Waals surface area (Å²) in [7, 11) is 0. The quantitative estimate of drug-likeness (QED) is 0.200. The number of furan rings is 1. The van der Waals surface area contributed by atoms with Crippen LogP contribution in [0.1, 0.15) is 41.1 Å². The summed E-state index contributed by atoms with van der Waals surface area (Å²) >= 11 is 0. The number of hydrogen-bond acceptors (Lipinski definition) is 3. The SMILES string of the molecule is CCc1nc2ccccc2n1-c1cccc(-c2ccc3cc(C4=Cc5c(oc6ccccc56)C5c6ccccc6OC45)ccc3c2)c1. The van der Waals surface area contributed by atoms with E-state index >= 15 is 0 Å². The molecule has 8 aromatic rings. The Morgan fingerprint density at radius 2 is 1.47 bits per heavy atom. The monoisotopic (exact) mass is 606 g/mol. The van der Waals surface area contributed by atoms with Crippen molar-refractivity contribution in [2.45, 2.75) is 25.4 Å². The number of hydrogen-bond donors (Lipinski definition) is 0. The number of aromatic nitrogens is 2. The van der Waals surface area contributed by atoms with Crippen LogP contribution < -0.4 is 4.74 Å². The Kier molecular flexibility index (Phi) is 5.64. The molecule has 2 atom stereocenters. The zero-order valence-corrected chi connectivity index (χ0v) is 25.9. The first-order chi connectivity index (χ1) is 23.2. The molecule has 1 aliphatic heterocycles. The van der Waals surface area contributed by atoms with Gasteiger partial charge < -0.3 is 9.15 Å². The van der Waals surface area contributed by atoms with Gasteiger partial charge in [-0.2, -0.15) is 0 Å². The van der Waals surface area contributed by atoms with E-state index in [-0.39, 0.29) is 12.0 Å². The number of ether oxygens (including phenoxy) is 1. The molecule has 0 spiro atoms. The molecule has 0 bridgehead atoms. The van der Waals surface area contributed by atoms with Gasteiger partial charge in [-0.15, -0.1) is 0 Å². The van der Waals surface area contributed by atoms with Crippen LogP contribution in [0.3, 0.4) is 0 Å². The molecule has 0 amide bonds. The highest BCUT2D eigenvalue weighted by Gasteiger charge is 2.44. The molecule has 6 aromatic carbocycles. The van der Waals surface area contributed by atoms with Gasteiger partial charge >= 0.3 is 0 Å². The van der Waals surface area contributed by atoms with Crippen LogP contribution in [0.4, 0.5) is 0 Å². The standard InChI is InChI=1S/C43H30N2O2/c1-2-40-44-36-14-5-6-15-37(36)45(40)31-11-9-10-26(24-31)27-18-19-29-23-30(21-20-28(29)22-27)34-25-35-32-12-3-7-16-38(32)46-43(35)41-33-13-4-8-17-39(33)47-42(34)41/h3-25,41-42H,2H2,1H3. The largest absolute Gasteiger partial charge is 0.484 e. The highest BCUT2D eigenvalue weighted by Crippen LogP contribution is 2.53. The molecule has 47 heavy (non-hydrogen) atoms. The van der Waals surface area contributed by atoms with Gasteiger partial charge in [0.1, 0.15) is 29.0 Å². The predicted molar refractivity (Wildman–Crippen MR) is 190 cm³/mol. The molecule has 224 valence electrons. The van der Waals surface area contributed by atoms with E-state index in [1.807, 2.05) is 12.1 Å². The molecule has 3 heterocycles. The topological polar surface area (TPSA) is 40.2 Å². The summed E-state index contributed by atoms with van der Waals surface area (Å²) in [5.41, 5.74) is 11.3. The van der Waals surface area contributed by atoms with Crippen LogP contribution in [0.2, 0.25) is 0 Å². The fraction of sp³-hybridized carbons (Fsp3) is 0.0930. The summed E-state index contributed by atoms with van der Waals surface area (Å²) in [5.74, 6) is 3.01. The number of para-hydroxylation sites is 4. The van der Waals surface area contributed by atoms with Crippen LogP contribution in [-0.4, -0.2) is 15.7 Å². The van der Waals surface area contributed by atoms with Gasteiger partial charge in [-0.05, 0) is 82.1 Å². The van der Waals surface area contributed by atoms with E-state index in [1.54, 1.807) is 0 Å². The van der Waals surface area contributed by atoms with E-state index in [2.05, 4.69) is 139 Å². The van der Waals surface area contributed by atoms with Crippen molar-refractivity contribution in [1.82, 2.24) is 9.55 Å². The van der Waals surface area contributed by atoms with Gasteiger partial charge in [-0.1, -0.05) is 91.9 Å². The van der Waals surface area contributed by atoms with Crippen molar-refractivity contribution in [2.24, 2.45) is 0 Å². The van der Waals surface area contributed by atoms with Crippen molar-refractivity contribution in [3.05, 3.63) is 162 Å². The Bertz CT molecular complexity index is 2570. The van der Waals surface area contributed by atoms with E-state index in [4.69, 9.17) is 14.1 Å². The van der Waals surface area contributed by atoms with Gasteiger partial charge in [0.25, 0.3) is 0 Å². The van der Waals surface area contributed by atoms with Crippen LogP contribution in [0.5, 0.6) is 5.75 Å². The van der Waals surface area contributed by atoms with Crippen molar-refractivity contribution in [2.75, 3.05) is 0 Å². The van der Waals surface area contributed by atoms with Crippen LogP contribution in [-0.2, 0) is 6.42 Å². The summed E-state index contributed by atoms with van der Waals surface area (Å²) in [6.45, 7) is 2.16. The molecule has 0 N–H and O–H groups in total. The molecule has 2 aromatic heterocycles. The molecule has 4 heteroatoms. The van der Waals surface area contributed by atoms with Crippen LogP contribution >= 0.6 is 0 Å². The first kappa shape index (κ1) is 26.4. The minimum absolute atomic E-state index is 0.0137. The van der Waals surface area contributed by atoms with Gasteiger partial charge in [0, 0.05) is 34.2 Å². The number of imidazole rings is 1. The van der Waals surface area contributed by atoms with Crippen LogP contribution in [0, 0.1) is 0 Å². The molecule has 2 unspecified atom stereocenters. The minimum atomic E-state index is -0.146. The number of fused-ring (bicyclic) bond motifs is 9. The fourth-order valence-corrected chi connectivity index (χ4v) is 7.71. The molecule has 10 rings (SSSR count). The lowest BCUT2D eigenvalue weighted by atomic mass is 9.79. The summed E-state index contributed by atoms with van der Waals surface area (Å²) in [5, 5.41) is 3.55. The van der Waals surface area contributed by atoms with Crippen molar-refractivity contribution in [3.8, 4) is 22.6 Å². The molecule has 0 fully saturated rings. The maximum absolute atomic E-state index is 6.67. The summed E-state index contributed by atoms with van der Waals surface area (Å²) in [6.07, 6.45) is 3.01. The molecular weight excluding hydrogens is 576 g/mol. The van der Waals surface area contributed by atoms with Gasteiger partial charge in [0.05, 0.1) is 17.0 Å². The number of aryl methyl sites for hydroxylation is 1. The molecule has 1 aliphatic carbocycles. The van der Waals surface area contributed by atoms with Crippen LogP contribution in [0.15, 0.2) is 138 Å². The molecular formula is C43H30N2O2. The maximum Gasteiger partial charge on any atom is 0.138 e. The number of benzene rings is 6. The summed E-state index contributed by atoms with van der Waals surface area (Å²) in [4.78, 5) is 4.90. The van der Waals surface area contributed by atoms with Gasteiger partial charge in [0.15, 0.2) is 0 Å². The van der Waals surface area contributed by atoms with Crippen LogP contribution in [0.25, 0.3) is 61.2 Å². The van der Waals surface area contributed by atoms with Gasteiger partial charge in [-0.25, -0.2) is 4.98 Å². The zero-order valence-electron chi connectivity index (χ0n) is 25.9. The maximum atomic E-state index is 6.67. The molecule has 4 nitrogen and oxygen atoms in total. The van der Waals surface area contributed by atoms with Crippen molar-refractivity contribution in [1.29, 1.82) is 0 Å². The second-order valence-electron chi connectivity index (χ2n) is 12.6. The van der Waals surface area contributed by atoms with E-state index in [0.717, 1.165) is 57.0 Å². The molecule has 0 saturated carbocycles. The third kappa shape index (κ3) is 3.98. The fourth-order valence-electron chi connectivity index (χ4n) is 7.71. The average Bonchev–Trinajstić information content (AvgIpc) is 3.82. The smallest absolute Gasteiger partial charge is 0.138 e. The predicted octanol–water partition coefficient (Wildman–Crippen LogP) is 10.6. The lowest BCUT2D eigenvalue weighted by molar-refractivity contribution is 0.265. The highest BCUT2D eigenvalue weighted by atomic mass is 16.5. The lowest BCUT2D eigenvalue weighted by Gasteiger charge is -2.26. The van der Waals surface area contributed by atoms with E-state index in [9.17, 15) is 0 Å². The minimum Gasteiger partial charge on any atom is -0.484 e. The van der Waals surface area contributed by atoms with Crippen molar-refractivity contribution in [3.63, 3.8) is 0 Å². The average molecular weight is 607 g/mol. The van der Waals surface area contributed by atoms with E-state index < -0.39 is 0 Å². The molecule has 0 radical (unpaired) electrons. The van der Waals surface area contributed by atoms with Crippen molar-refractivity contribution < 1.29 is 9.15 Å². The molecule has 2 aliphatic rings. The Balaban J connectivity index is 1.06. The Hall–Kier alpha value is -5.87. The summed E-state index contributed by atoms with van der Waals surface area (Å²) < 4.78 is 15.5. The van der Waals surface area contributed by atoms with E-state index in [0.29, 0.717) is 0 Å². The molecule has 0 saturated heterocycles. The van der Waals surface area contributed by atoms with Gasteiger partial charge in [-0.3, -0.25) is 4.57 Å². The van der Waals surface area contributed by atoms with Crippen molar-refractivity contribution >= 4 is 44.4 Å². The number of nitrogens with zero attached hydrogens (tertiary/aromatic N) is 2. The second kappa shape index (κ2) is 10.1. The lowest BCUT2D eigenvalue weighted by Crippen LogP contribution is -2.24. The Morgan fingerprint density at radius 3 is 2.38 bits per heavy atom. The summed E-state index contributed by atoms with van der Waals surface area (Å²) in [6, 6.07) is 47.5. The third-order valence-corrected chi connectivity index (χ3v) is 9.92. The first-order valence-corrected chi connectivity index (χ1v) is 16.3. The Labute approximate surface area is 272 Å². The normalized spacial score (nSPS) is 16.6. The number of rotatable bonds is 4.